The highest BCUT2D eigenvalue weighted by atomic mass is 16.2. The zero-order valence-electron chi connectivity index (χ0n) is 28.0. The Kier molecular flexibility index (Phi) is 15.4. The molecule has 0 saturated heterocycles. The molecule has 0 aromatic carbocycles. The number of hydrogen-bond donors (Lipinski definition) is 0. The summed E-state index contributed by atoms with van der Waals surface area (Å²) in [6, 6.07) is 1.61. The average molecular weight is 615 g/mol. The van der Waals surface area contributed by atoms with Crippen molar-refractivity contribution in [3.05, 3.63) is 65.2 Å². The Labute approximate surface area is 263 Å². The number of rotatable bonds is 2. The summed E-state index contributed by atoms with van der Waals surface area (Å²) in [6.07, 6.45) is 13.4. The van der Waals surface area contributed by atoms with Gasteiger partial charge in [-0.3, -0.25) is 23.3 Å². The van der Waals surface area contributed by atoms with Crippen LogP contribution in [0.15, 0.2) is 31.4 Å². The molecule has 0 N–H and O–H groups in total. The van der Waals surface area contributed by atoms with Gasteiger partial charge < -0.3 is 14.4 Å². The second-order valence-corrected chi connectivity index (χ2v) is 12.6. The monoisotopic (exact) mass is 614 g/mol. The van der Waals surface area contributed by atoms with Crippen molar-refractivity contribution in [2.24, 2.45) is 0 Å². The van der Waals surface area contributed by atoms with E-state index in [1.807, 2.05) is 13.8 Å². The number of aryl methyl sites for hydroxylation is 3. The summed E-state index contributed by atoms with van der Waals surface area (Å²) < 4.78 is 6.38. The Balaban J connectivity index is 1.65. The van der Waals surface area contributed by atoms with Crippen molar-refractivity contribution in [3.8, 4) is 0 Å². The Bertz CT molecular complexity index is 1390. The van der Waals surface area contributed by atoms with Gasteiger partial charge in [0.1, 0.15) is 0 Å². The third-order valence-corrected chi connectivity index (χ3v) is 9.23. The van der Waals surface area contributed by atoms with Crippen molar-refractivity contribution in [1.29, 1.82) is 0 Å². The van der Waals surface area contributed by atoms with Crippen LogP contribution in [0.1, 0.15) is 102 Å². The van der Waals surface area contributed by atoms with Crippen LogP contribution in [0, 0.1) is 13.8 Å². The Morgan fingerprint density at radius 1 is 0.523 bits per heavy atom. The molecule has 0 saturated carbocycles. The minimum absolute atomic E-state index is 0.161. The molecule has 0 fully saturated rings. The topological polar surface area (TPSA) is 94.5 Å². The van der Waals surface area contributed by atoms with Crippen molar-refractivity contribution in [2.75, 3.05) is 39.3 Å². The van der Waals surface area contributed by atoms with E-state index in [1.165, 1.54) is 9.13 Å². The molecule has 2 aromatic heterocycles. The fraction of sp³-hybridized carbons (Fsp3) is 0.765. The Morgan fingerprint density at radius 2 is 0.955 bits per heavy atom. The van der Waals surface area contributed by atoms with Gasteiger partial charge in [0.15, 0.2) is 0 Å². The van der Waals surface area contributed by atoms with E-state index in [4.69, 9.17) is 0 Å². The summed E-state index contributed by atoms with van der Waals surface area (Å²) in [5, 5.41) is 0. The molecule has 248 valence electrons. The lowest BCUT2D eigenvalue weighted by Gasteiger charge is -2.21. The molecule has 0 atom stereocenters. The van der Waals surface area contributed by atoms with E-state index in [0.29, 0.717) is 31.7 Å². The summed E-state index contributed by atoms with van der Waals surface area (Å²) in [4.78, 5) is 56.6. The second kappa shape index (κ2) is 18.9. The first-order valence-corrected chi connectivity index (χ1v) is 17.3. The Morgan fingerprint density at radius 3 is 1.45 bits per heavy atom. The highest BCUT2D eigenvalue weighted by Crippen LogP contribution is 2.07. The van der Waals surface area contributed by atoms with E-state index in [2.05, 4.69) is 23.6 Å². The van der Waals surface area contributed by atoms with Gasteiger partial charge in [0.25, 0.3) is 11.1 Å². The van der Waals surface area contributed by atoms with Crippen molar-refractivity contribution >= 4 is 0 Å². The molecular formula is C34H58N6O4. The number of fused-ring (bicyclic) bond motifs is 4. The molecule has 1 aliphatic heterocycles. The first kappa shape index (κ1) is 35.8. The average Bonchev–Trinajstić information content (AvgIpc) is 3.00. The number of hydrogen-bond acceptors (Lipinski definition) is 6. The van der Waals surface area contributed by atoms with Crippen LogP contribution in [0.2, 0.25) is 0 Å². The summed E-state index contributed by atoms with van der Waals surface area (Å²) in [6.45, 7) is 16.3. The van der Waals surface area contributed by atoms with Crippen LogP contribution in [0.4, 0.5) is 0 Å². The largest absolute Gasteiger partial charge is 0.331 e. The zero-order valence-corrected chi connectivity index (χ0v) is 28.0. The van der Waals surface area contributed by atoms with Gasteiger partial charge in [0, 0.05) is 49.7 Å². The maximum Gasteiger partial charge on any atom is 0.331 e. The van der Waals surface area contributed by atoms with Crippen LogP contribution in [0.25, 0.3) is 0 Å². The summed E-state index contributed by atoms with van der Waals surface area (Å²) in [7, 11) is 0. The molecule has 0 radical (unpaired) electrons. The summed E-state index contributed by atoms with van der Waals surface area (Å²) in [5.74, 6) is 0. The van der Waals surface area contributed by atoms with Gasteiger partial charge in [-0.1, -0.05) is 39.5 Å². The molecule has 1 aliphatic rings. The molecule has 0 spiro atoms. The highest BCUT2D eigenvalue weighted by Gasteiger charge is 2.12. The molecular weight excluding hydrogens is 556 g/mol. The van der Waals surface area contributed by atoms with E-state index in [9.17, 15) is 19.2 Å². The van der Waals surface area contributed by atoms with Gasteiger partial charge in [-0.05, 0) is 104 Å². The molecule has 44 heavy (non-hydrogen) atoms. The van der Waals surface area contributed by atoms with Gasteiger partial charge >= 0.3 is 11.4 Å². The Hall–Kier alpha value is -2.72. The minimum Gasteiger partial charge on any atom is -0.304 e. The quantitative estimate of drug-likeness (QED) is 0.508. The molecule has 2 aromatic rings. The maximum absolute atomic E-state index is 13.2. The standard InChI is InChI=1S/C34H58N6O4/c1-5-35-19-11-7-15-23-37-28-29(3)32(42)40(33(37)43)26-18-10-14-22-36(6-2)21-13-9-17-25-39-31(41)27-30(4)38(34(39)44)24-16-8-12-20-35/h27-28H,5-26H2,1-4H3. The van der Waals surface area contributed by atoms with Crippen LogP contribution in [0.5, 0.6) is 0 Å². The lowest BCUT2D eigenvalue weighted by atomic mass is 10.2. The van der Waals surface area contributed by atoms with Crippen molar-refractivity contribution in [2.45, 2.75) is 131 Å². The third-order valence-electron chi connectivity index (χ3n) is 9.23. The molecule has 4 bridgehead atoms. The van der Waals surface area contributed by atoms with Crippen molar-refractivity contribution < 1.29 is 0 Å². The predicted molar refractivity (Wildman–Crippen MR) is 179 cm³/mol. The smallest absolute Gasteiger partial charge is 0.304 e. The fourth-order valence-electron chi connectivity index (χ4n) is 6.36. The number of aromatic nitrogens is 4. The van der Waals surface area contributed by atoms with Gasteiger partial charge in [0.05, 0.1) is 0 Å². The van der Waals surface area contributed by atoms with Gasteiger partial charge in [-0.15, -0.1) is 0 Å². The van der Waals surface area contributed by atoms with Crippen LogP contribution < -0.4 is 22.5 Å². The molecule has 0 aliphatic carbocycles. The number of nitrogens with zero attached hydrogens (tertiary/aromatic N) is 6. The van der Waals surface area contributed by atoms with E-state index in [-0.39, 0.29) is 22.5 Å². The van der Waals surface area contributed by atoms with Crippen molar-refractivity contribution in [1.82, 2.24) is 28.1 Å². The first-order chi connectivity index (χ1) is 21.3. The van der Waals surface area contributed by atoms with E-state index in [1.54, 1.807) is 21.4 Å². The lowest BCUT2D eigenvalue weighted by Crippen LogP contribution is -2.40. The second-order valence-electron chi connectivity index (χ2n) is 12.6. The SMILES string of the molecule is CCN1CCCCCn2cc(C)c(=O)n(c2=O)CCCCCN(CC)CCCCCn2c(=O)cc(C)n(c2=O)CCCCC1. The van der Waals surface area contributed by atoms with Gasteiger partial charge in [-0.25, -0.2) is 9.59 Å². The molecule has 10 heteroatoms. The molecule has 10 nitrogen and oxygen atoms in total. The van der Waals surface area contributed by atoms with Crippen LogP contribution in [-0.2, 0) is 26.2 Å². The minimum atomic E-state index is -0.191. The van der Waals surface area contributed by atoms with E-state index in [0.717, 1.165) is 122 Å². The predicted octanol–water partition coefficient (Wildman–Crippen LogP) is 3.99. The van der Waals surface area contributed by atoms with Crippen LogP contribution in [-0.4, -0.2) is 67.3 Å². The molecule has 3 heterocycles. The maximum atomic E-state index is 13.2. The van der Waals surface area contributed by atoms with Crippen LogP contribution >= 0.6 is 0 Å². The highest BCUT2D eigenvalue weighted by molar-refractivity contribution is 5.03. The van der Waals surface area contributed by atoms with Gasteiger partial charge in [0.2, 0.25) is 0 Å². The molecule has 0 amide bonds. The molecule has 0 unspecified atom stereocenters. The lowest BCUT2D eigenvalue weighted by molar-refractivity contribution is 0.271. The molecule has 3 rings (SSSR count). The normalized spacial score (nSPS) is 18.8. The van der Waals surface area contributed by atoms with E-state index >= 15 is 0 Å². The fourth-order valence-corrected chi connectivity index (χ4v) is 6.36. The summed E-state index contributed by atoms with van der Waals surface area (Å²) >= 11 is 0. The van der Waals surface area contributed by atoms with Crippen LogP contribution in [0.3, 0.4) is 0 Å². The van der Waals surface area contributed by atoms with E-state index < -0.39 is 0 Å². The summed E-state index contributed by atoms with van der Waals surface area (Å²) in [5.41, 5.74) is 0.691. The van der Waals surface area contributed by atoms with Gasteiger partial charge in [-0.2, -0.15) is 0 Å². The zero-order chi connectivity index (χ0) is 31.9. The first-order valence-electron chi connectivity index (χ1n) is 17.3. The third kappa shape index (κ3) is 10.7. The van der Waals surface area contributed by atoms with Crippen molar-refractivity contribution in [3.63, 3.8) is 0 Å².